The molecule has 4 rings (SSSR count). The molecule has 3 aromatic carbocycles. The molecule has 130 valence electrons. The third-order valence-electron chi connectivity index (χ3n) is 4.53. The van der Waals surface area contributed by atoms with Crippen LogP contribution in [0.3, 0.4) is 0 Å². The topological polar surface area (TPSA) is 32.9 Å². The minimum Gasteiger partial charge on any atom is -0.322 e. The second-order valence-corrected chi connectivity index (χ2v) is 6.55. The highest BCUT2D eigenvalue weighted by molar-refractivity contribution is 5.80. The SMILES string of the molecule is O=c1[nH]c2ccc(C#CCc3ccccc3)cc2cc1Cc1ccccc1. The van der Waals surface area contributed by atoms with Gasteiger partial charge in [-0.3, -0.25) is 4.79 Å². The molecule has 0 atom stereocenters. The van der Waals surface area contributed by atoms with Gasteiger partial charge < -0.3 is 4.98 Å². The van der Waals surface area contributed by atoms with Crippen molar-refractivity contribution in [1.82, 2.24) is 4.98 Å². The standard InChI is InChI=1S/C25H19NO/c27-25-23(17-20-10-5-2-6-11-20)18-22-16-21(14-15-24(22)26-25)13-7-12-19-8-3-1-4-9-19/h1-6,8-11,14-16,18H,12,17H2,(H,26,27). The third kappa shape index (κ3) is 4.16. The van der Waals surface area contributed by atoms with Gasteiger partial charge in [-0.2, -0.15) is 0 Å². The van der Waals surface area contributed by atoms with Crippen molar-refractivity contribution in [1.29, 1.82) is 0 Å². The number of pyridine rings is 1. The van der Waals surface area contributed by atoms with Crippen LogP contribution in [0.1, 0.15) is 22.3 Å². The number of hydrogen-bond acceptors (Lipinski definition) is 1. The van der Waals surface area contributed by atoms with Crippen LogP contribution in [0, 0.1) is 11.8 Å². The smallest absolute Gasteiger partial charge is 0.251 e. The molecular formula is C25H19NO. The van der Waals surface area contributed by atoms with E-state index in [9.17, 15) is 4.79 Å². The first-order valence-electron chi connectivity index (χ1n) is 9.01. The number of nitrogens with one attached hydrogen (secondary N) is 1. The van der Waals surface area contributed by atoms with Crippen molar-refractivity contribution in [2.24, 2.45) is 0 Å². The van der Waals surface area contributed by atoms with E-state index in [-0.39, 0.29) is 5.56 Å². The van der Waals surface area contributed by atoms with E-state index in [1.165, 1.54) is 5.56 Å². The molecule has 2 heteroatoms. The lowest BCUT2D eigenvalue weighted by Gasteiger charge is -2.04. The van der Waals surface area contributed by atoms with Gasteiger partial charge in [-0.25, -0.2) is 0 Å². The lowest BCUT2D eigenvalue weighted by atomic mass is 10.0. The Morgan fingerprint density at radius 2 is 1.48 bits per heavy atom. The fraction of sp³-hybridized carbons (Fsp3) is 0.0800. The Kier molecular flexibility index (Phi) is 4.85. The number of rotatable bonds is 3. The average molecular weight is 349 g/mol. The second-order valence-electron chi connectivity index (χ2n) is 6.55. The van der Waals surface area contributed by atoms with Gasteiger partial charge >= 0.3 is 0 Å². The van der Waals surface area contributed by atoms with Gasteiger partial charge in [-0.05, 0) is 40.8 Å². The molecule has 0 bridgehead atoms. The van der Waals surface area contributed by atoms with Crippen LogP contribution in [0.2, 0.25) is 0 Å². The summed E-state index contributed by atoms with van der Waals surface area (Å²) in [6.07, 6.45) is 1.35. The van der Waals surface area contributed by atoms with Crippen molar-refractivity contribution in [2.45, 2.75) is 12.8 Å². The molecule has 1 aromatic heterocycles. The summed E-state index contributed by atoms with van der Waals surface area (Å²) < 4.78 is 0. The first-order chi connectivity index (χ1) is 13.3. The summed E-state index contributed by atoms with van der Waals surface area (Å²) in [5, 5.41) is 1.01. The largest absolute Gasteiger partial charge is 0.322 e. The van der Waals surface area contributed by atoms with Crippen LogP contribution < -0.4 is 5.56 Å². The minimum atomic E-state index is -0.0331. The van der Waals surface area contributed by atoms with Gasteiger partial charge in [-0.1, -0.05) is 72.5 Å². The Morgan fingerprint density at radius 3 is 2.22 bits per heavy atom. The molecule has 1 heterocycles. The molecule has 0 amide bonds. The van der Waals surface area contributed by atoms with Gasteiger partial charge in [0.05, 0.1) is 0 Å². The molecule has 27 heavy (non-hydrogen) atoms. The summed E-state index contributed by atoms with van der Waals surface area (Å²) in [7, 11) is 0. The fourth-order valence-electron chi connectivity index (χ4n) is 3.12. The maximum Gasteiger partial charge on any atom is 0.251 e. The van der Waals surface area contributed by atoms with E-state index in [4.69, 9.17) is 0 Å². The molecule has 0 fully saturated rings. The van der Waals surface area contributed by atoms with E-state index in [1.807, 2.05) is 72.8 Å². The van der Waals surface area contributed by atoms with E-state index < -0.39 is 0 Å². The summed E-state index contributed by atoms with van der Waals surface area (Å²) in [6, 6.07) is 28.1. The predicted molar refractivity (Wildman–Crippen MR) is 111 cm³/mol. The van der Waals surface area contributed by atoms with E-state index in [0.29, 0.717) is 6.42 Å². The van der Waals surface area contributed by atoms with Crippen LogP contribution in [0.4, 0.5) is 0 Å². The Labute approximate surface area is 158 Å². The van der Waals surface area contributed by atoms with E-state index in [2.05, 4.69) is 29.0 Å². The minimum absolute atomic E-state index is 0.0331. The molecular weight excluding hydrogens is 330 g/mol. The molecule has 4 aromatic rings. The van der Waals surface area contributed by atoms with Crippen LogP contribution in [-0.4, -0.2) is 4.98 Å². The molecule has 0 aliphatic rings. The van der Waals surface area contributed by atoms with Gasteiger partial charge in [0.1, 0.15) is 0 Å². The quantitative estimate of drug-likeness (QED) is 0.534. The van der Waals surface area contributed by atoms with Gasteiger partial charge in [-0.15, -0.1) is 0 Å². The molecule has 1 N–H and O–H groups in total. The number of H-pyrrole nitrogens is 1. The fourth-order valence-corrected chi connectivity index (χ4v) is 3.12. The zero-order valence-electron chi connectivity index (χ0n) is 14.9. The summed E-state index contributed by atoms with van der Waals surface area (Å²) >= 11 is 0. The molecule has 2 nitrogen and oxygen atoms in total. The molecule has 0 aliphatic carbocycles. The van der Waals surface area contributed by atoms with Crippen LogP contribution >= 0.6 is 0 Å². The van der Waals surface area contributed by atoms with Crippen LogP contribution in [0.25, 0.3) is 10.9 Å². The number of fused-ring (bicyclic) bond motifs is 1. The van der Waals surface area contributed by atoms with Gasteiger partial charge in [0.2, 0.25) is 0 Å². The lowest BCUT2D eigenvalue weighted by Crippen LogP contribution is -2.12. The highest BCUT2D eigenvalue weighted by atomic mass is 16.1. The summed E-state index contributed by atoms with van der Waals surface area (Å²) in [6.45, 7) is 0. The predicted octanol–water partition coefficient (Wildman–Crippen LogP) is 4.71. The molecule has 0 saturated carbocycles. The van der Waals surface area contributed by atoms with Crippen molar-refractivity contribution in [3.63, 3.8) is 0 Å². The number of hydrogen-bond donors (Lipinski definition) is 1. The zero-order valence-corrected chi connectivity index (χ0v) is 14.9. The van der Waals surface area contributed by atoms with E-state index >= 15 is 0 Å². The summed E-state index contributed by atoms with van der Waals surface area (Å²) in [5.74, 6) is 6.45. The Bertz CT molecular complexity index is 1180. The van der Waals surface area contributed by atoms with Crippen molar-refractivity contribution in [3.05, 3.63) is 118 Å². The first-order valence-corrected chi connectivity index (χ1v) is 9.01. The zero-order chi connectivity index (χ0) is 18.5. The van der Waals surface area contributed by atoms with Gasteiger partial charge in [0, 0.05) is 29.5 Å². The van der Waals surface area contributed by atoms with Crippen molar-refractivity contribution in [2.75, 3.05) is 0 Å². The van der Waals surface area contributed by atoms with Crippen LogP contribution in [0.5, 0.6) is 0 Å². The lowest BCUT2D eigenvalue weighted by molar-refractivity contribution is 1.12. The highest BCUT2D eigenvalue weighted by Gasteiger charge is 2.04. The number of aromatic nitrogens is 1. The van der Waals surface area contributed by atoms with Crippen molar-refractivity contribution < 1.29 is 0 Å². The highest BCUT2D eigenvalue weighted by Crippen LogP contribution is 2.15. The maximum absolute atomic E-state index is 12.4. The normalized spacial score (nSPS) is 10.4. The number of benzene rings is 3. The first kappa shape index (κ1) is 16.9. The van der Waals surface area contributed by atoms with Crippen molar-refractivity contribution in [3.8, 4) is 11.8 Å². The Morgan fingerprint density at radius 1 is 0.778 bits per heavy atom. The van der Waals surface area contributed by atoms with Crippen LogP contribution in [-0.2, 0) is 12.8 Å². The molecule has 0 unspecified atom stereocenters. The average Bonchev–Trinajstić information content (AvgIpc) is 2.70. The molecule has 0 spiro atoms. The van der Waals surface area contributed by atoms with E-state index in [1.54, 1.807) is 0 Å². The van der Waals surface area contributed by atoms with Crippen LogP contribution in [0.15, 0.2) is 89.7 Å². The monoisotopic (exact) mass is 349 g/mol. The van der Waals surface area contributed by atoms with Crippen molar-refractivity contribution >= 4 is 10.9 Å². The Hall–Kier alpha value is -3.57. The summed E-state index contributed by atoms with van der Waals surface area (Å²) in [5.41, 5.74) is 4.86. The molecule has 0 aliphatic heterocycles. The molecule has 0 saturated heterocycles. The maximum atomic E-state index is 12.4. The number of aromatic amines is 1. The molecule has 0 radical (unpaired) electrons. The van der Waals surface area contributed by atoms with Gasteiger partial charge in [0.15, 0.2) is 0 Å². The third-order valence-corrected chi connectivity index (χ3v) is 4.53. The Balaban J connectivity index is 1.61. The summed E-state index contributed by atoms with van der Waals surface area (Å²) in [4.78, 5) is 15.4. The van der Waals surface area contributed by atoms with Gasteiger partial charge in [0.25, 0.3) is 5.56 Å². The second kappa shape index (κ2) is 7.76. The van der Waals surface area contributed by atoms with E-state index in [0.717, 1.165) is 34.0 Å².